The van der Waals surface area contributed by atoms with Gasteiger partial charge in [0.05, 0.1) is 25.2 Å². The van der Waals surface area contributed by atoms with Crippen LogP contribution in [0.4, 0.5) is 0 Å². The average Bonchev–Trinajstić information content (AvgIpc) is 2.46. The van der Waals surface area contributed by atoms with E-state index in [1.54, 1.807) is 25.1 Å². The molecule has 126 valence electrons. The Kier molecular flexibility index (Phi) is 7.41. The van der Waals surface area contributed by atoms with Crippen LogP contribution < -0.4 is 14.8 Å². The Morgan fingerprint density at radius 2 is 2.13 bits per heavy atom. The molecule has 0 fully saturated rings. The van der Waals surface area contributed by atoms with Crippen LogP contribution in [-0.4, -0.2) is 36.7 Å². The predicted molar refractivity (Wildman–Crippen MR) is 88.1 cm³/mol. The van der Waals surface area contributed by atoms with Gasteiger partial charge in [0.2, 0.25) is 5.91 Å². The number of benzene rings is 1. The first-order valence-corrected chi connectivity index (χ1v) is 7.45. The van der Waals surface area contributed by atoms with Gasteiger partial charge in [-0.3, -0.25) is 9.59 Å². The summed E-state index contributed by atoms with van der Waals surface area (Å²) in [4.78, 5) is 22.3. The smallest absolute Gasteiger partial charge is 0.305 e. The molecular formula is C16H20ClNO5. The Labute approximate surface area is 140 Å². The Hall–Kier alpha value is -2.21. The van der Waals surface area contributed by atoms with Gasteiger partial charge in [0.1, 0.15) is 0 Å². The molecule has 0 bridgehead atoms. The Bertz CT molecular complexity index is 600. The molecule has 0 aliphatic carbocycles. The highest BCUT2D eigenvalue weighted by Crippen LogP contribution is 2.36. The summed E-state index contributed by atoms with van der Waals surface area (Å²) >= 11 is 6.14. The molecule has 0 heterocycles. The summed E-state index contributed by atoms with van der Waals surface area (Å²) in [5.41, 5.74) is 0.663. The van der Waals surface area contributed by atoms with Crippen LogP contribution in [0.1, 0.15) is 25.8 Å². The number of amides is 1. The first kappa shape index (κ1) is 18.8. The standard InChI is InChI=1S/C16H20ClNO5/c1-4-23-16-12(17)8-11(9-13(16)22-3)5-6-14(19)18-10(2)7-15(20)21/h5-6,8-10H,4,7H2,1-3H3,(H,18,19)(H,20,21)/b6-5+. The normalized spacial score (nSPS) is 12.0. The van der Waals surface area contributed by atoms with Crippen LogP contribution in [0.3, 0.4) is 0 Å². The summed E-state index contributed by atoms with van der Waals surface area (Å²) in [6.07, 6.45) is 2.74. The van der Waals surface area contributed by atoms with Crippen LogP contribution in [-0.2, 0) is 9.59 Å². The lowest BCUT2D eigenvalue weighted by Gasteiger charge is -2.12. The highest BCUT2D eigenvalue weighted by Gasteiger charge is 2.11. The third kappa shape index (κ3) is 6.20. The largest absolute Gasteiger partial charge is 0.493 e. The Balaban J connectivity index is 2.82. The lowest BCUT2D eigenvalue weighted by atomic mass is 10.1. The molecule has 0 radical (unpaired) electrons. The van der Waals surface area contributed by atoms with E-state index in [-0.39, 0.29) is 12.3 Å². The first-order valence-electron chi connectivity index (χ1n) is 7.08. The number of carboxylic acids is 1. The zero-order valence-electron chi connectivity index (χ0n) is 13.3. The molecule has 1 atom stereocenters. The molecule has 0 aromatic heterocycles. The fourth-order valence-corrected chi connectivity index (χ4v) is 2.17. The minimum Gasteiger partial charge on any atom is -0.493 e. The van der Waals surface area contributed by atoms with Crippen molar-refractivity contribution in [1.82, 2.24) is 5.32 Å². The van der Waals surface area contributed by atoms with Gasteiger partial charge in [0, 0.05) is 12.1 Å². The third-order valence-electron chi connectivity index (χ3n) is 2.84. The number of hydrogen-bond donors (Lipinski definition) is 2. The van der Waals surface area contributed by atoms with E-state index >= 15 is 0 Å². The van der Waals surface area contributed by atoms with Gasteiger partial charge in [-0.15, -0.1) is 0 Å². The highest BCUT2D eigenvalue weighted by atomic mass is 35.5. The maximum atomic E-state index is 11.7. The second-order valence-electron chi connectivity index (χ2n) is 4.81. The topological polar surface area (TPSA) is 84.9 Å². The Morgan fingerprint density at radius 3 is 2.70 bits per heavy atom. The van der Waals surface area contributed by atoms with E-state index in [1.807, 2.05) is 6.92 Å². The monoisotopic (exact) mass is 341 g/mol. The summed E-state index contributed by atoms with van der Waals surface area (Å²) in [5.74, 6) is -0.431. The SMILES string of the molecule is CCOc1c(Cl)cc(/C=C/C(=O)NC(C)CC(=O)O)cc1OC. The second kappa shape index (κ2) is 9.05. The van der Waals surface area contributed by atoms with Crippen LogP contribution >= 0.6 is 11.6 Å². The number of nitrogens with one attached hydrogen (secondary N) is 1. The molecule has 7 heteroatoms. The molecule has 1 amide bonds. The van der Waals surface area contributed by atoms with Crippen molar-refractivity contribution in [3.8, 4) is 11.5 Å². The van der Waals surface area contributed by atoms with Crippen molar-refractivity contribution in [2.75, 3.05) is 13.7 Å². The minimum atomic E-state index is -0.968. The fourth-order valence-electron chi connectivity index (χ4n) is 1.90. The van der Waals surface area contributed by atoms with Crippen molar-refractivity contribution in [3.63, 3.8) is 0 Å². The molecule has 6 nitrogen and oxygen atoms in total. The van der Waals surface area contributed by atoms with E-state index in [1.165, 1.54) is 13.2 Å². The number of ether oxygens (including phenoxy) is 2. The van der Waals surface area contributed by atoms with Crippen molar-refractivity contribution >= 4 is 29.6 Å². The van der Waals surface area contributed by atoms with Gasteiger partial charge in [-0.2, -0.15) is 0 Å². The lowest BCUT2D eigenvalue weighted by molar-refractivity contribution is -0.137. The third-order valence-corrected chi connectivity index (χ3v) is 3.12. The van der Waals surface area contributed by atoms with Crippen LogP contribution in [0.25, 0.3) is 6.08 Å². The average molecular weight is 342 g/mol. The molecule has 23 heavy (non-hydrogen) atoms. The van der Waals surface area contributed by atoms with Gasteiger partial charge in [-0.25, -0.2) is 0 Å². The van der Waals surface area contributed by atoms with E-state index in [0.29, 0.717) is 28.7 Å². The second-order valence-corrected chi connectivity index (χ2v) is 5.22. The number of aliphatic carboxylic acids is 1. The number of carboxylic acid groups (broad SMARTS) is 1. The van der Waals surface area contributed by atoms with E-state index in [4.69, 9.17) is 26.2 Å². The van der Waals surface area contributed by atoms with Crippen molar-refractivity contribution in [2.24, 2.45) is 0 Å². The first-order chi connectivity index (χ1) is 10.9. The van der Waals surface area contributed by atoms with Gasteiger partial charge in [0.15, 0.2) is 11.5 Å². The summed E-state index contributed by atoms with van der Waals surface area (Å²) in [6.45, 7) is 3.91. The molecule has 2 N–H and O–H groups in total. The molecular weight excluding hydrogens is 322 g/mol. The van der Waals surface area contributed by atoms with Crippen LogP contribution in [0.15, 0.2) is 18.2 Å². The maximum absolute atomic E-state index is 11.7. The number of carbonyl (C=O) groups excluding carboxylic acids is 1. The quantitative estimate of drug-likeness (QED) is 0.710. The van der Waals surface area contributed by atoms with Crippen molar-refractivity contribution in [2.45, 2.75) is 26.3 Å². The molecule has 0 saturated heterocycles. The summed E-state index contributed by atoms with van der Waals surface area (Å²) in [6, 6.07) is 2.89. The maximum Gasteiger partial charge on any atom is 0.305 e. The van der Waals surface area contributed by atoms with Crippen LogP contribution in [0, 0.1) is 0 Å². The zero-order chi connectivity index (χ0) is 17.4. The molecule has 1 aromatic rings. The fraction of sp³-hybridized carbons (Fsp3) is 0.375. The zero-order valence-corrected chi connectivity index (χ0v) is 14.0. The lowest BCUT2D eigenvalue weighted by Crippen LogP contribution is -2.32. The highest BCUT2D eigenvalue weighted by molar-refractivity contribution is 6.32. The number of halogens is 1. The van der Waals surface area contributed by atoms with Crippen molar-refractivity contribution in [3.05, 3.63) is 28.8 Å². The van der Waals surface area contributed by atoms with Gasteiger partial charge < -0.3 is 19.9 Å². The van der Waals surface area contributed by atoms with E-state index in [2.05, 4.69) is 5.32 Å². The minimum absolute atomic E-state index is 0.137. The molecule has 1 aromatic carbocycles. The summed E-state index contributed by atoms with van der Waals surface area (Å²) in [5, 5.41) is 11.6. The molecule has 0 aliphatic heterocycles. The molecule has 0 spiro atoms. The van der Waals surface area contributed by atoms with Gasteiger partial charge in [-0.1, -0.05) is 11.6 Å². The Morgan fingerprint density at radius 1 is 1.43 bits per heavy atom. The molecule has 1 rings (SSSR count). The van der Waals surface area contributed by atoms with Crippen molar-refractivity contribution < 1.29 is 24.2 Å². The predicted octanol–water partition coefficient (Wildman–Crippen LogP) is 2.74. The number of rotatable bonds is 8. The van der Waals surface area contributed by atoms with E-state index in [0.717, 1.165) is 0 Å². The number of methoxy groups -OCH3 is 1. The molecule has 0 saturated carbocycles. The van der Waals surface area contributed by atoms with Gasteiger partial charge in [0.25, 0.3) is 0 Å². The summed E-state index contributed by atoms with van der Waals surface area (Å²) in [7, 11) is 1.50. The van der Waals surface area contributed by atoms with Crippen LogP contribution in [0.2, 0.25) is 5.02 Å². The number of carbonyl (C=O) groups is 2. The van der Waals surface area contributed by atoms with E-state index in [9.17, 15) is 9.59 Å². The van der Waals surface area contributed by atoms with Crippen molar-refractivity contribution in [1.29, 1.82) is 0 Å². The molecule has 1 unspecified atom stereocenters. The van der Waals surface area contributed by atoms with Gasteiger partial charge >= 0.3 is 5.97 Å². The van der Waals surface area contributed by atoms with Crippen LogP contribution in [0.5, 0.6) is 11.5 Å². The van der Waals surface area contributed by atoms with Gasteiger partial charge in [-0.05, 0) is 37.6 Å². The van der Waals surface area contributed by atoms with E-state index < -0.39 is 12.0 Å². The number of hydrogen-bond acceptors (Lipinski definition) is 4. The summed E-state index contributed by atoms with van der Waals surface area (Å²) < 4.78 is 10.6. The molecule has 0 aliphatic rings.